The molecule has 172 valence electrons. The summed E-state index contributed by atoms with van der Waals surface area (Å²) in [6.07, 6.45) is -2.20. The number of nitrogen functional groups attached to an aromatic ring is 1. The zero-order chi connectivity index (χ0) is 23.6. The van der Waals surface area contributed by atoms with Gasteiger partial charge >= 0.3 is 11.9 Å². The van der Waals surface area contributed by atoms with Crippen LogP contribution >= 0.6 is 0 Å². The first-order chi connectivity index (χ1) is 15.0. The fraction of sp³-hybridized carbons (Fsp3) is 0.550. The number of hydrogen-bond donors (Lipinski definition) is 2. The molecule has 2 fully saturated rings. The molecule has 32 heavy (non-hydrogen) atoms. The van der Waals surface area contributed by atoms with Crippen molar-refractivity contribution in [1.29, 1.82) is 0 Å². The summed E-state index contributed by atoms with van der Waals surface area (Å²) in [5.41, 5.74) is 1.35. The summed E-state index contributed by atoms with van der Waals surface area (Å²) in [6, 6.07) is 0. The van der Waals surface area contributed by atoms with Gasteiger partial charge in [0.25, 0.3) is 5.56 Å². The molecule has 2 aromatic rings. The van der Waals surface area contributed by atoms with Gasteiger partial charge < -0.3 is 19.9 Å². The summed E-state index contributed by atoms with van der Waals surface area (Å²) < 4.78 is 34.3. The SMILES string of the molecule is C=C[C@]12O[C@@H](n3cnc4c(=O)[nH]c(N)nc43)[C@H](F)[C@@]1(OC(=O)C(C)C)C2OC(=O)C(C)C. The number of esters is 2. The van der Waals surface area contributed by atoms with Crippen LogP contribution in [0.5, 0.6) is 0 Å². The van der Waals surface area contributed by atoms with Crippen molar-refractivity contribution >= 4 is 29.1 Å². The molecule has 5 atom stereocenters. The highest BCUT2D eigenvalue weighted by molar-refractivity contribution is 5.76. The lowest BCUT2D eigenvalue weighted by atomic mass is 10.1. The maximum absolute atomic E-state index is 16.1. The van der Waals surface area contributed by atoms with Crippen molar-refractivity contribution in [3.05, 3.63) is 29.3 Å². The maximum Gasteiger partial charge on any atom is 0.309 e. The number of H-pyrrole nitrogens is 1. The second-order valence-electron chi connectivity index (χ2n) is 8.52. The van der Waals surface area contributed by atoms with Crippen LogP contribution in [0.25, 0.3) is 11.2 Å². The topological polar surface area (TPSA) is 151 Å². The summed E-state index contributed by atoms with van der Waals surface area (Å²) in [4.78, 5) is 47.1. The van der Waals surface area contributed by atoms with E-state index in [1.165, 1.54) is 17.0 Å². The molecule has 1 saturated heterocycles. The number of halogens is 1. The molecule has 1 aliphatic carbocycles. The largest absolute Gasteiger partial charge is 0.454 e. The quantitative estimate of drug-likeness (QED) is 0.486. The van der Waals surface area contributed by atoms with Crippen LogP contribution in [0.15, 0.2) is 23.8 Å². The van der Waals surface area contributed by atoms with E-state index in [2.05, 4.69) is 21.5 Å². The van der Waals surface area contributed by atoms with Gasteiger partial charge in [-0.15, -0.1) is 0 Å². The number of carbonyl (C=O) groups excluding carboxylic acids is 2. The Morgan fingerprint density at radius 2 is 2.00 bits per heavy atom. The first-order valence-electron chi connectivity index (χ1n) is 10.1. The van der Waals surface area contributed by atoms with Gasteiger partial charge in [0, 0.05) is 0 Å². The number of aromatic nitrogens is 4. The molecule has 0 spiro atoms. The molecule has 0 radical (unpaired) electrons. The summed E-state index contributed by atoms with van der Waals surface area (Å²) in [5, 5.41) is 0. The molecule has 12 heteroatoms. The van der Waals surface area contributed by atoms with E-state index in [0.717, 1.165) is 0 Å². The van der Waals surface area contributed by atoms with Crippen molar-refractivity contribution in [2.75, 3.05) is 5.73 Å². The third kappa shape index (κ3) is 2.78. The van der Waals surface area contributed by atoms with E-state index < -0.39 is 59.0 Å². The van der Waals surface area contributed by atoms with Crippen LogP contribution in [0.2, 0.25) is 0 Å². The molecule has 0 aromatic carbocycles. The third-order valence-corrected chi connectivity index (χ3v) is 5.76. The molecule has 0 bridgehead atoms. The Kier molecular flexibility index (Phi) is 4.88. The van der Waals surface area contributed by atoms with Gasteiger partial charge in [-0.25, -0.2) is 9.37 Å². The van der Waals surface area contributed by atoms with Crippen LogP contribution in [-0.4, -0.2) is 54.9 Å². The number of carbonyl (C=O) groups is 2. The summed E-state index contributed by atoms with van der Waals surface area (Å²) in [6.45, 7) is 10.1. The molecule has 0 amide bonds. The predicted octanol–water partition coefficient (Wildman–Crippen LogP) is 1.01. The van der Waals surface area contributed by atoms with Crippen molar-refractivity contribution in [2.45, 2.75) is 57.4 Å². The first-order valence-corrected chi connectivity index (χ1v) is 10.1. The molecule has 1 unspecified atom stereocenters. The molecule has 11 nitrogen and oxygen atoms in total. The lowest BCUT2D eigenvalue weighted by Crippen LogP contribution is -2.40. The second-order valence-corrected chi connectivity index (χ2v) is 8.52. The van der Waals surface area contributed by atoms with E-state index in [0.29, 0.717) is 0 Å². The fourth-order valence-corrected chi connectivity index (χ4v) is 3.96. The lowest BCUT2D eigenvalue weighted by Gasteiger charge is -2.25. The highest BCUT2D eigenvalue weighted by atomic mass is 19.1. The van der Waals surface area contributed by atoms with Crippen molar-refractivity contribution in [2.24, 2.45) is 11.8 Å². The number of nitrogens with one attached hydrogen (secondary N) is 1. The number of aromatic amines is 1. The van der Waals surface area contributed by atoms with Crippen LogP contribution in [0, 0.1) is 11.8 Å². The fourth-order valence-electron chi connectivity index (χ4n) is 3.96. The molecule has 4 rings (SSSR count). The van der Waals surface area contributed by atoms with Crippen LogP contribution in [0.3, 0.4) is 0 Å². The van der Waals surface area contributed by atoms with Crippen molar-refractivity contribution in [3.63, 3.8) is 0 Å². The van der Waals surface area contributed by atoms with Crippen LogP contribution < -0.4 is 11.3 Å². The van der Waals surface area contributed by atoms with Crippen molar-refractivity contribution in [3.8, 4) is 0 Å². The van der Waals surface area contributed by atoms with Gasteiger partial charge in [0.2, 0.25) is 11.5 Å². The average Bonchev–Trinajstić information content (AvgIpc) is 2.97. The zero-order valence-electron chi connectivity index (χ0n) is 18.0. The maximum atomic E-state index is 16.1. The van der Waals surface area contributed by atoms with Gasteiger partial charge in [0.15, 0.2) is 35.3 Å². The Morgan fingerprint density at radius 3 is 2.59 bits per heavy atom. The standard InChI is InChI=1S/C20H24FN5O6/c1-6-19-17(30-15(28)8(2)3)20(19,32-16(29)9(4)5)11(21)14(31-19)26-7-23-10-12(26)24-18(22)25-13(10)27/h6-9,11,14,17H,1H2,2-5H3,(H3,22,24,25,27)/t11-,14+,17?,19+,20+/m0/s1. The predicted molar refractivity (Wildman–Crippen MR) is 109 cm³/mol. The Hall–Kier alpha value is -3.28. The lowest BCUT2D eigenvalue weighted by molar-refractivity contribution is -0.171. The zero-order valence-corrected chi connectivity index (χ0v) is 18.0. The Labute approximate surface area is 181 Å². The highest BCUT2D eigenvalue weighted by Gasteiger charge is 2.92. The Bertz CT molecular complexity index is 1170. The van der Waals surface area contributed by atoms with Crippen molar-refractivity contribution in [1.82, 2.24) is 19.5 Å². The minimum Gasteiger partial charge on any atom is -0.454 e. The van der Waals surface area contributed by atoms with Gasteiger partial charge in [-0.1, -0.05) is 40.3 Å². The molecular formula is C20H24FN5O6. The number of nitrogens with two attached hydrogens (primary N) is 1. The molecule has 3 heterocycles. The summed E-state index contributed by atoms with van der Waals surface area (Å²) in [5.74, 6) is -2.56. The highest BCUT2D eigenvalue weighted by Crippen LogP contribution is 2.68. The van der Waals surface area contributed by atoms with Gasteiger partial charge in [-0.2, -0.15) is 4.98 Å². The molecule has 1 saturated carbocycles. The number of rotatable bonds is 6. The third-order valence-electron chi connectivity index (χ3n) is 5.76. The number of anilines is 1. The number of alkyl halides is 1. The van der Waals surface area contributed by atoms with Crippen LogP contribution in [-0.2, 0) is 23.8 Å². The molecule has 3 N–H and O–H groups in total. The van der Waals surface area contributed by atoms with Gasteiger partial charge in [0.1, 0.15) is 0 Å². The Morgan fingerprint density at radius 1 is 1.34 bits per heavy atom. The second kappa shape index (κ2) is 7.12. The van der Waals surface area contributed by atoms with Gasteiger partial charge in [0.05, 0.1) is 18.2 Å². The van der Waals surface area contributed by atoms with E-state index in [1.54, 1.807) is 27.7 Å². The average molecular weight is 449 g/mol. The monoisotopic (exact) mass is 449 g/mol. The minimum atomic E-state index is -2.01. The number of ether oxygens (including phenoxy) is 3. The van der Waals surface area contributed by atoms with Crippen LogP contribution in [0.4, 0.5) is 10.3 Å². The molecule has 2 aliphatic rings. The Balaban J connectivity index is 1.79. The molecule has 1 aliphatic heterocycles. The van der Waals surface area contributed by atoms with E-state index >= 15 is 4.39 Å². The number of fused-ring (bicyclic) bond motifs is 2. The molecule has 2 aromatic heterocycles. The molecular weight excluding hydrogens is 425 g/mol. The number of hydrogen-bond acceptors (Lipinski definition) is 9. The van der Waals surface area contributed by atoms with Crippen molar-refractivity contribution < 1.29 is 28.2 Å². The van der Waals surface area contributed by atoms with E-state index in [1.807, 2.05) is 0 Å². The number of nitrogens with zero attached hydrogens (tertiary/aromatic N) is 3. The van der Waals surface area contributed by atoms with E-state index in [-0.39, 0.29) is 17.1 Å². The smallest absolute Gasteiger partial charge is 0.309 e. The summed E-state index contributed by atoms with van der Waals surface area (Å²) in [7, 11) is 0. The first kappa shape index (κ1) is 21.9. The van der Waals surface area contributed by atoms with Gasteiger partial charge in [-0.3, -0.25) is 23.9 Å². The summed E-state index contributed by atoms with van der Waals surface area (Å²) >= 11 is 0. The number of imidazole rings is 1. The van der Waals surface area contributed by atoms with E-state index in [4.69, 9.17) is 19.9 Å². The van der Waals surface area contributed by atoms with E-state index in [9.17, 15) is 14.4 Å². The minimum absolute atomic E-state index is 0.0135. The van der Waals surface area contributed by atoms with Gasteiger partial charge in [-0.05, 0) is 0 Å². The van der Waals surface area contributed by atoms with Crippen LogP contribution in [0.1, 0.15) is 33.9 Å². The normalized spacial score (nSPS) is 31.0.